The lowest BCUT2D eigenvalue weighted by Gasteiger charge is -2.34. The second-order valence-corrected chi connectivity index (χ2v) is 8.69. The second-order valence-electron chi connectivity index (χ2n) is 8.69. The number of piperazine rings is 1. The van der Waals surface area contributed by atoms with Crippen molar-refractivity contribution in [3.63, 3.8) is 0 Å². The zero-order valence-electron chi connectivity index (χ0n) is 19.0. The van der Waals surface area contributed by atoms with E-state index in [4.69, 9.17) is 0 Å². The first-order valence-corrected chi connectivity index (χ1v) is 11.8. The van der Waals surface area contributed by atoms with Gasteiger partial charge in [0.15, 0.2) is 0 Å². The third kappa shape index (κ3) is 6.11. The largest absolute Gasteiger partial charge is 0.340 e. The van der Waals surface area contributed by atoms with Gasteiger partial charge in [-0.25, -0.2) is 15.0 Å². The molecule has 0 amide bonds. The molecule has 8 rings (SSSR count). The fraction of sp³-hybridized carbons (Fsp3) is 0.400. The van der Waals surface area contributed by atoms with E-state index in [-0.39, 0.29) is 0 Å². The third-order valence-corrected chi connectivity index (χ3v) is 6.24. The molecule has 0 saturated carbocycles. The summed E-state index contributed by atoms with van der Waals surface area (Å²) in [5.41, 5.74) is 4.40. The van der Waals surface area contributed by atoms with E-state index in [1.807, 2.05) is 30.7 Å². The normalized spacial score (nSPS) is 21.9. The Morgan fingerprint density at radius 1 is 0.727 bits per heavy atom. The van der Waals surface area contributed by atoms with Crippen LogP contribution in [-0.4, -0.2) is 77.1 Å². The van der Waals surface area contributed by atoms with E-state index in [0.717, 1.165) is 87.4 Å². The summed E-state index contributed by atoms with van der Waals surface area (Å²) in [7, 11) is 0. The zero-order valence-corrected chi connectivity index (χ0v) is 19.0. The minimum atomic E-state index is 0.670. The van der Waals surface area contributed by atoms with Gasteiger partial charge in [-0.15, -0.1) is 0 Å². The maximum absolute atomic E-state index is 4.54. The quantitative estimate of drug-likeness (QED) is 0.486. The number of hydrogen-bond donors (Lipinski definition) is 3. The minimum absolute atomic E-state index is 0.670. The maximum atomic E-state index is 4.54. The highest BCUT2D eigenvalue weighted by molar-refractivity contribution is 5.67. The summed E-state index contributed by atoms with van der Waals surface area (Å²) >= 11 is 0. The van der Waals surface area contributed by atoms with E-state index in [9.17, 15) is 0 Å². The van der Waals surface area contributed by atoms with E-state index in [1.165, 1.54) is 5.56 Å². The Morgan fingerprint density at radius 2 is 1.55 bits per heavy atom. The van der Waals surface area contributed by atoms with Gasteiger partial charge in [0, 0.05) is 88.7 Å². The standard InChI is InChI=1S/C25H32N8/c1-2-20-14-23(3-1)31-24-15-21(4-5-28-24)22-16-29-25(30-17-22)18-27-7-6-26-8-9-32-10-12-33(19-20)13-11-32/h1-5,14-17,26-27H,6-13,18-19H2,(H,28,31). The van der Waals surface area contributed by atoms with E-state index in [0.29, 0.717) is 6.54 Å². The van der Waals surface area contributed by atoms with Crippen molar-refractivity contribution in [3.05, 3.63) is 66.4 Å². The van der Waals surface area contributed by atoms with Crippen LogP contribution in [-0.2, 0) is 13.1 Å². The molecule has 8 bridgehead atoms. The molecule has 8 heteroatoms. The molecule has 1 saturated heterocycles. The molecule has 172 valence electrons. The van der Waals surface area contributed by atoms with Gasteiger partial charge in [-0.05, 0) is 35.4 Å². The summed E-state index contributed by atoms with van der Waals surface area (Å²) in [6.45, 7) is 10.1. The van der Waals surface area contributed by atoms with Crippen LogP contribution in [0.2, 0.25) is 0 Å². The fourth-order valence-electron chi connectivity index (χ4n) is 4.34. The van der Waals surface area contributed by atoms with Gasteiger partial charge in [0.2, 0.25) is 0 Å². The maximum Gasteiger partial charge on any atom is 0.141 e. The highest BCUT2D eigenvalue weighted by Gasteiger charge is 2.16. The van der Waals surface area contributed by atoms with Crippen LogP contribution in [0.5, 0.6) is 0 Å². The van der Waals surface area contributed by atoms with Gasteiger partial charge in [-0.3, -0.25) is 9.80 Å². The Labute approximate surface area is 195 Å². The summed E-state index contributed by atoms with van der Waals surface area (Å²) in [4.78, 5) is 18.7. The summed E-state index contributed by atoms with van der Waals surface area (Å²) in [5.74, 6) is 1.62. The predicted molar refractivity (Wildman–Crippen MR) is 131 cm³/mol. The molecule has 8 nitrogen and oxygen atoms in total. The summed E-state index contributed by atoms with van der Waals surface area (Å²) < 4.78 is 0. The van der Waals surface area contributed by atoms with Crippen LogP contribution < -0.4 is 16.0 Å². The Kier molecular flexibility index (Phi) is 7.17. The predicted octanol–water partition coefficient (Wildman–Crippen LogP) is 2.09. The number of nitrogens with one attached hydrogen (secondary N) is 3. The van der Waals surface area contributed by atoms with E-state index < -0.39 is 0 Å². The number of rotatable bonds is 0. The number of aromatic nitrogens is 3. The number of nitrogens with zero attached hydrogens (tertiary/aromatic N) is 5. The van der Waals surface area contributed by atoms with Crippen molar-refractivity contribution in [2.24, 2.45) is 0 Å². The number of benzene rings is 1. The van der Waals surface area contributed by atoms with Crippen molar-refractivity contribution >= 4 is 11.5 Å². The Bertz CT molecular complexity index is 1030. The smallest absolute Gasteiger partial charge is 0.141 e. The van der Waals surface area contributed by atoms with Crippen LogP contribution in [0.15, 0.2) is 55.0 Å². The Balaban J connectivity index is 1.34. The monoisotopic (exact) mass is 444 g/mol. The highest BCUT2D eigenvalue weighted by Crippen LogP contribution is 2.23. The molecule has 0 atom stereocenters. The Hall–Kier alpha value is -2.91. The topological polar surface area (TPSA) is 81.2 Å². The first-order chi connectivity index (χ1) is 16.3. The van der Waals surface area contributed by atoms with Gasteiger partial charge in [0.25, 0.3) is 0 Å². The highest BCUT2D eigenvalue weighted by atomic mass is 15.3. The third-order valence-electron chi connectivity index (χ3n) is 6.24. The molecule has 3 aromatic rings. The van der Waals surface area contributed by atoms with E-state index in [1.54, 1.807) is 0 Å². The fourth-order valence-corrected chi connectivity index (χ4v) is 4.34. The Morgan fingerprint density at radius 3 is 2.42 bits per heavy atom. The molecule has 2 aromatic heterocycles. The molecule has 5 aliphatic heterocycles. The van der Waals surface area contributed by atoms with Gasteiger partial charge >= 0.3 is 0 Å². The lowest BCUT2D eigenvalue weighted by Crippen LogP contribution is -2.47. The van der Waals surface area contributed by atoms with Crippen LogP contribution in [0, 0.1) is 0 Å². The molecule has 33 heavy (non-hydrogen) atoms. The summed E-state index contributed by atoms with van der Waals surface area (Å²) in [6.07, 6.45) is 5.59. The number of pyridine rings is 1. The van der Waals surface area contributed by atoms with Gasteiger partial charge in [0.05, 0.1) is 6.54 Å². The van der Waals surface area contributed by atoms with E-state index in [2.05, 4.69) is 65.0 Å². The first-order valence-electron chi connectivity index (χ1n) is 11.8. The number of hydrogen-bond acceptors (Lipinski definition) is 8. The lowest BCUT2D eigenvalue weighted by molar-refractivity contribution is 0.128. The molecule has 0 spiro atoms. The van der Waals surface area contributed by atoms with Gasteiger partial charge < -0.3 is 16.0 Å². The van der Waals surface area contributed by atoms with Crippen molar-refractivity contribution < 1.29 is 0 Å². The second kappa shape index (κ2) is 10.8. The molecule has 0 aliphatic carbocycles. The van der Waals surface area contributed by atoms with Gasteiger partial charge in [0.1, 0.15) is 11.6 Å². The van der Waals surface area contributed by atoms with Crippen LogP contribution in [0.4, 0.5) is 11.5 Å². The molecule has 0 unspecified atom stereocenters. The molecular formula is C25H32N8. The van der Waals surface area contributed by atoms with Crippen LogP contribution >= 0.6 is 0 Å². The zero-order chi connectivity index (χ0) is 22.3. The van der Waals surface area contributed by atoms with Crippen LogP contribution in [0.25, 0.3) is 11.1 Å². The van der Waals surface area contributed by atoms with E-state index >= 15 is 0 Å². The minimum Gasteiger partial charge on any atom is -0.340 e. The average molecular weight is 445 g/mol. The molecule has 0 radical (unpaired) electrons. The van der Waals surface area contributed by atoms with Crippen molar-refractivity contribution in [1.29, 1.82) is 0 Å². The SMILES string of the molecule is c1cc2cc(c1)Nc1cc(ccn1)-c1cnc(nc1)CNCCNCCN1CCN(CC1)C2. The number of anilines is 2. The molecule has 7 heterocycles. The van der Waals surface area contributed by atoms with Crippen LogP contribution in [0.3, 0.4) is 0 Å². The van der Waals surface area contributed by atoms with Gasteiger partial charge in [-0.1, -0.05) is 12.1 Å². The van der Waals surface area contributed by atoms with Crippen LogP contribution in [0.1, 0.15) is 11.4 Å². The summed E-state index contributed by atoms with van der Waals surface area (Å²) in [5, 5.41) is 10.4. The molecule has 1 aromatic carbocycles. The summed E-state index contributed by atoms with van der Waals surface area (Å²) in [6, 6.07) is 12.7. The van der Waals surface area contributed by atoms with Crippen molar-refractivity contribution in [1.82, 2.24) is 35.4 Å². The lowest BCUT2D eigenvalue weighted by atomic mass is 10.1. The van der Waals surface area contributed by atoms with Crippen molar-refractivity contribution in [2.45, 2.75) is 13.1 Å². The van der Waals surface area contributed by atoms with Gasteiger partial charge in [-0.2, -0.15) is 0 Å². The molecule has 5 aliphatic rings. The molecule has 1 fully saturated rings. The van der Waals surface area contributed by atoms with Crippen molar-refractivity contribution in [3.8, 4) is 11.1 Å². The van der Waals surface area contributed by atoms with Crippen molar-refractivity contribution in [2.75, 3.05) is 57.7 Å². The molecule has 3 N–H and O–H groups in total. The average Bonchev–Trinajstić information content (AvgIpc) is 2.85. The first kappa shape index (κ1) is 21.9. The molecular weight excluding hydrogens is 412 g/mol.